The molecule has 0 aliphatic heterocycles. The van der Waals surface area contributed by atoms with Gasteiger partial charge in [0.15, 0.2) is 0 Å². The van der Waals surface area contributed by atoms with Crippen LogP contribution in [0.5, 0.6) is 5.75 Å². The maximum atomic E-state index is 12.4. The molecular weight excluding hydrogens is 316 g/mol. The summed E-state index contributed by atoms with van der Waals surface area (Å²) in [7, 11) is 0. The second-order valence-electron chi connectivity index (χ2n) is 4.67. The summed E-state index contributed by atoms with van der Waals surface area (Å²) >= 11 is 7.43. The molecule has 0 aliphatic carbocycles. The lowest BCUT2D eigenvalue weighted by atomic mass is 10.1. The highest BCUT2D eigenvalue weighted by molar-refractivity contribution is 7.16. The molecule has 2 rings (SSSR count). The normalized spacial score (nSPS) is 14.2. The molecule has 0 radical (unpaired) electrons. The summed E-state index contributed by atoms with van der Waals surface area (Å²) in [5.74, 6) is 0.198. The summed E-state index contributed by atoms with van der Waals surface area (Å²) in [6.07, 6.45) is 0. The van der Waals surface area contributed by atoms with Gasteiger partial charge >= 0.3 is 6.61 Å². The number of hydrogen-bond donors (Lipinski definition) is 1. The van der Waals surface area contributed by atoms with Gasteiger partial charge in [-0.05, 0) is 32.0 Å². The molecule has 1 N–H and O–H groups in total. The van der Waals surface area contributed by atoms with Crippen LogP contribution in [0.1, 0.15) is 36.4 Å². The maximum absolute atomic E-state index is 12.4. The van der Waals surface area contributed by atoms with Crippen LogP contribution in [-0.4, -0.2) is 6.61 Å². The molecule has 114 valence electrons. The van der Waals surface area contributed by atoms with Gasteiger partial charge in [-0.3, -0.25) is 0 Å². The zero-order valence-corrected chi connectivity index (χ0v) is 13.2. The molecule has 0 amide bonds. The third kappa shape index (κ3) is 4.40. The number of alkyl halides is 2. The van der Waals surface area contributed by atoms with Gasteiger partial charge in [0, 0.05) is 22.5 Å². The highest BCUT2D eigenvalue weighted by Gasteiger charge is 2.17. The number of rotatable bonds is 6. The fourth-order valence-corrected chi connectivity index (χ4v) is 3.22. The summed E-state index contributed by atoms with van der Waals surface area (Å²) in [6.45, 7) is 1.10. The van der Waals surface area contributed by atoms with Crippen molar-refractivity contribution < 1.29 is 13.5 Å². The third-order valence-corrected chi connectivity index (χ3v) is 4.54. The Morgan fingerprint density at radius 2 is 1.81 bits per heavy atom. The quantitative estimate of drug-likeness (QED) is 0.763. The topological polar surface area (TPSA) is 21.3 Å². The Morgan fingerprint density at radius 1 is 1.10 bits per heavy atom. The van der Waals surface area contributed by atoms with Crippen LogP contribution in [0.25, 0.3) is 0 Å². The lowest BCUT2D eigenvalue weighted by molar-refractivity contribution is -0.0506. The monoisotopic (exact) mass is 331 g/mol. The van der Waals surface area contributed by atoms with E-state index in [-0.39, 0.29) is 17.8 Å². The Balaban J connectivity index is 2.11. The van der Waals surface area contributed by atoms with E-state index < -0.39 is 6.61 Å². The van der Waals surface area contributed by atoms with Gasteiger partial charge in [0.2, 0.25) is 0 Å². The molecule has 1 aromatic heterocycles. The van der Waals surface area contributed by atoms with E-state index in [1.54, 1.807) is 24.3 Å². The van der Waals surface area contributed by atoms with E-state index in [2.05, 4.69) is 10.1 Å². The first-order valence-corrected chi connectivity index (χ1v) is 7.72. The highest BCUT2D eigenvalue weighted by Crippen LogP contribution is 2.31. The first-order valence-electron chi connectivity index (χ1n) is 6.52. The summed E-state index contributed by atoms with van der Waals surface area (Å²) in [5, 5.41) is 3.37. The van der Waals surface area contributed by atoms with E-state index in [1.807, 2.05) is 26.0 Å². The summed E-state index contributed by atoms with van der Waals surface area (Å²) < 4.78 is 30.2. The second kappa shape index (κ2) is 7.20. The van der Waals surface area contributed by atoms with Crippen molar-refractivity contribution in [3.05, 3.63) is 51.2 Å². The van der Waals surface area contributed by atoms with Crippen molar-refractivity contribution in [2.75, 3.05) is 0 Å². The summed E-state index contributed by atoms with van der Waals surface area (Å²) in [6, 6.07) is 10.6. The van der Waals surface area contributed by atoms with Crippen molar-refractivity contribution in [2.24, 2.45) is 0 Å². The van der Waals surface area contributed by atoms with Gasteiger partial charge in [0.1, 0.15) is 5.75 Å². The van der Waals surface area contributed by atoms with Crippen LogP contribution in [0.15, 0.2) is 36.4 Å². The average molecular weight is 332 g/mol. The van der Waals surface area contributed by atoms with E-state index in [4.69, 9.17) is 11.6 Å². The van der Waals surface area contributed by atoms with E-state index in [9.17, 15) is 8.78 Å². The van der Waals surface area contributed by atoms with Gasteiger partial charge in [0.05, 0.1) is 4.34 Å². The number of nitrogens with one attached hydrogen (secondary N) is 1. The van der Waals surface area contributed by atoms with Crippen LogP contribution >= 0.6 is 22.9 Å². The number of ether oxygens (including phenoxy) is 1. The Bertz CT molecular complexity index is 591. The molecule has 0 bridgehead atoms. The highest BCUT2D eigenvalue weighted by atomic mass is 35.5. The lowest BCUT2D eigenvalue weighted by Crippen LogP contribution is -2.22. The zero-order chi connectivity index (χ0) is 15.4. The number of hydrogen-bond acceptors (Lipinski definition) is 3. The molecule has 0 aliphatic rings. The Morgan fingerprint density at radius 3 is 2.43 bits per heavy atom. The number of para-hydroxylation sites is 1. The van der Waals surface area contributed by atoms with Crippen molar-refractivity contribution >= 4 is 22.9 Å². The van der Waals surface area contributed by atoms with E-state index in [0.29, 0.717) is 5.56 Å². The smallest absolute Gasteiger partial charge is 0.387 e. The Labute approximate surface area is 131 Å². The minimum absolute atomic E-state index is 0.0668. The molecule has 21 heavy (non-hydrogen) atoms. The minimum Gasteiger partial charge on any atom is -0.434 e. The predicted molar refractivity (Wildman–Crippen MR) is 82.4 cm³/mol. The molecule has 2 atom stereocenters. The summed E-state index contributed by atoms with van der Waals surface area (Å²) in [4.78, 5) is 1.10. The van der Waals surface area contributed by atoms with E-state index in [1.165, 1.54) is 11.3 Å². The molecule has 0 spiro atoms. The van der Waals surface area contributed by atoms with Crippen molar-refractivity contribution in [3.8, 4) is 5.75 Å². The lowest BCUT2D eigenvalue weighted by Gasteiger charge is -2.21. The fourth-order valence-electron chi connectivity index (χ4n) is 2.15. The molecule has 0 saturated carbocycles. The van der Waals surface area contributed by atoms with E-state index >= 15 is 0 Å². The molecule has 1 aromatic carbocycles. The molecule has 0 fully saturated rings. The van der Waals surface area contributed by atoms with Crippen LogP contribution in [0.4, 0.5) is 8.78 Å². The predicted octanol–water partition coefficient (Wildman–Crippen LogP) is 5.41. The summed E-state index contributed by atoms with van der Waals surface area (Å²) in [5.41, 5.74) is 0.701. The van der Waals surface area contributed by atoms with Crippen molar-refractivity contribution in [1.82, 2.24) is 5.32 Å². The third-order valence-electron chi connectivity index (χ3n) is 3.12. The zero-order valence-electron chi connectivity index (χ0n) is 11.6. The largest absolute Gasteiger partial charge is 0.434 e. The standard InChI is InChI=1S/C15H16ClF2NOS/c1-9(19-10(2)13-7-8-14(16)21-13)11-5-3-4-6-12(11)20-15(17)18/h3-10,15,19H,1-2H3. The maximum Gasteiger partial charge on any atom is 0.387 e. The molecule has 2 unspecified atom stereocenters. The Kier molecular flexibility index (Phi) is 5.56. The number of halogens is 3. The minimum atomic E-state index is -2.83. The molecule has 1 heterocycles. The van der Waals surface area contributed by atoms with Crippen molar-refractivity contribution in [3.63, 3.8) is 0 Å². The van der Waals surface area contributed by atoms with Gasteiger partial charge in [-0.25, -0.2) is 0 Å². The SMILES string of the molecule is CC(NC(C)c1ccccc1OC(F)F)c1ccc(Cl)s1. The van der Waals surface area contributed by atoms with Gasteiger partial charge in [-0.2, -0.15) is 8.78 Å². The molecule has 6 heteroatoms. The van der Waals surface area contributed by atoms with Crippen LogP contribution in [0.3, 0.4) is 0 Å². The number of benzene rings is 1. The molecular formula is C15H16ClF2NOS. The van der Waals surface area contributed by atoms with Crippen LogP contribution in [0, 0.1) is 0 Å². The average Bonchev–Trinajstić information content (AvgIpc) is 2.85. The van der Waals surface area contributed by atoms with Gasteiger partial charge in [-0.15, -0.1) is 11.3 Å². The fraction of sp³-hybridized carbons (Fsp3) is 0.333. The second-order valence-corrected chi connectivity index (χ2v) is 6.41. The molecule has 2 nitrogen and oxygen atoms in total. The van der Waals surface area contributed by atoms with Crippen LogP contribution < -0.4 is 10.1 Å². The first kappa shape index (κ1) is 16.2. The van der Waals surface area contributed by atoms with Gasteiger partial charge in [0.25, 0.3) is 0 Å². The van der Waals surface area contributed by atoms with Crippen molar-refractivity contribution in [1.29, 1.82) is 0 Å². The van der Waals surface area contributed by atoms with Gasteiger partial charge < -0.3 is 10.1 Å². The molecule has 0 saturated heterocycles. The van der Waals surface area contributed by atoms with E-state index in [0.717, 1.165) is 9.21 Å². The van der Waals surface area contributed by atoms with Gasteiger partial charge in [-0.1, -0.05) is 29.8 Å². The van der Waals surface area contributed by atoms with Crippen LogP contribution in [-0.2, 0) is 0 Å². The van der Waals surface area contributed by atoms with Crippen molar-refractivity contribution in [2.45, 2.75) is 32.5 Å². The molecule has 2 aromatic rings. The van der Waals surface area contributed by atoms with Crippen LogP contribution in [0.2, 0.25) is 4.34 Å². The number of thiophene rings is 1. The Hall–Kier alpha value is -1.17. The first-order chi connectivity index (χ1) is 9.97.